The maximum atomic E-state index is 5.85. The highest BCUT2D eigenvalue weighted by Crippen LogP contribution is 2.09. The van der Waals surface area contributed by atoms with Crippen molar-refractivity contribution in [2.45, 2.75) is 25.9 Å². The van der Waals surface area contributed by atoms with Crippen LogP contribution in [0.25, 0.3) is 0 Å². The van der Waals surface area contributed by atoms with Crippen molar-refractivity contribution in [2.75, 3.05) is 13.1 Å². The van der Waals surface area contributed by atoms with Crippen LogP contribution in [0.3, 0.4) is 0 Å². The lowest BCUT2D eigenvalue weighted by atomic mass is 10.0. The molecule has 3 N–H and O–H groups in total. The number of aryl methyl sites for hydroxylation is 1. The van der Waals surface area contributed by atoms with Crippen LogP contribution >= 0.6 is 0 Å². The van der Waals surface area contributed by atoms with Gasteiger partial charge in [0.1, 0.15) is 0 Å². The van der Waals surface area contributed by atoms with Crippen molar-refractivity contribution in [3.8, 4) is 0 Å². The third kappa shape index (κ3) is 2.67. The summed E-state index contributed by atoms with van der Waals surface area (Å²) < 4.78 is 1.95. The van der Waals surface area contributed by atoms with Gasteiger partial charge in [-0.2, -0.15) is 5.10 Å². The van der Waals surface area contributed by atoms with Crippen LogP contribution in [-0.4, -0.2) is 28.9 Å². The zero-order chi connectivity index (χ0) is 10.7. The van der Waals surface area contributed by atoms with Crippen LogP contribution in [0.1, 0.15) is 12.5 Å². The molecule has 0 bridgehead atoms. The fraction of sp³-hybridized carbons (Fsp3) is 0.545. The molecule has 1 unspecified atom stereocenters. The first-order valence-corrected chi connectivity index (χ1v) is 5.45. The van der Waals surface area contributed by atoms with Gasteiger partial charge in [-0.25, -0.2) is 0 Å². The van der Waals surface area contributed by atoms with E-state index in [9.17, 15) is 0 Å². The molecular formula is C11H18N4. The molecule has 4 nitrogen and oxygen atoms in total. The third-order valence-corrected chi connectivity index (χ3v) is 2.62. The van der Waals surface area contributed by atoms with E-state index < -0.39 is 0 Å². The summed E-state index contributed by atoms with van der Waals surface area (Å²) in [5, 5.41) is 7.56. The molecule has 82 valence electrons. The first-order valence-electron chi connectivity index (χ1n) is 5.45. The summed E-state index contributed by atoms with van der Waals surface area (Å²) >= 11 is 0. The van der Waals surface area contributed by atoms with Gasteiger partial charge in [0.25, 0.3) is 0 Å². The van der Waals surface area contributed by atoms with E-state index in [1.807, 2.05) is 10.9 Å². The Morgan fingerprint density at radius 2 is 2.53 bits per heavy atom. The van der Waals surface area contributed by atoms with E-state index in [0.29, 0.717) is 0 Å². The average Bonchev–Trinajstić information content (AvgIpc) is 2.65. The standard InChI is InChI=1S/C11H18N4/c1-2-15-8-10(6-14-15)3-9-4-11(12)7-13-5-9/h4,6,8,11,13H,2-3,5,7,12H2,1H3. The molecule has 0 aliphatic carbocycles. The van der Waals surface area contributed by atoms with Gasteiger partial charge < -0.3 is 11.1 Å². The Balaban J connectivity index is 2.01. The van der Waals surface area contributed by atoms with Crippen LogP contribution in [0.4, 0.5) is 0 Å². The van der Waals surface area contributed by atoms with Crippen LogP contribution in [0.15, 0.2) is 24.0 Å². The number of hydrogen-bond donors (Lipinski definition) is 2. The Morgan fingerprint density at radius 3 is 3.20 bits per heavy atom. The lowest BCUT2D eigenvalue weighted by Crippen LogP contribution is -2.38. The zero-order valence-electron chi connectivity index (χ0n) is 9.11. The molecule has 1 aliphatic heterocycles. The zero-order valence-corrected chi connectivity index (χ0v) is 9.11. The Bertz CT molecular complexity index is 353. The maximum absolute atomic E-state index is 5.85. The van der Waals surface area contributed by atoms with Crippen LogP contribution in [0.2, 0.25) is 0 Å². The summed E-state index contributed by atoms with van der Waals surface area (Å²) in [6, 6.07) is 0.162. The molecule has 0 saturated heterocycles. The fourth-order valence-electron chi connectivity index (χ4n) is 1.87. The van der Waals surface area contributed by atoms with Crippen LogP contribution in [-0.2, 0) is 13.0 Å². The second-order valence-corrected chi connectivity index (χ2v) is 4.00. The van der Waals surface area contributed by atoms with E-state index >= 15 is 0 Å². The molecule has 0 amide bonds. The van der Waals surface area contributed by atoms with Crippen molar-refractivity contribution in [1.29, 1.82) is 0 Å². The van der Waals surface area contributed by atoms with Gasteiger partial charge >= 0.3 is 0 Å². The van der Waals surface area contributed by atoms with E-state index in [4.69, 9.17) is 5.73 Å². The lowest BCUT2D eigenvalue weighted by Gasteiger charge is -2.18. The maximum Gasteiger partial charge on any atom is 0.0525 e. The average molecular weight is 206 g/mol. The highest BCUT2D eigenvalue weighted by atomic mass is 15.3. The summed E-state index contributed by atoms with van der Waals surface area (Å²) in [5.41, 5.74) is 8.48. The fourth-order valence-corrected chi connectivity index (χ4v) is 1.87. The summed E-state index contributed by atoms with van der Waals surface area (Å²) in [7, 11) is 0. The summed E-state index contributed by atoms with van der Waals surface area (Å²) in [5.74, 6) is 0. The highest BCUT2D eigenvalue weighted by molar-refractivity contribution is 5.21. The quantitative estimate of drug-likeness (QED) is 0.699. The SMILES string of the molecule is CCn1cc(CC2=CC(N)CNC2)cn1. The van der Waals surface area contributed by atoms with Crippen LogP contribution in [0, 0.1) is 0 Å². The number of aromatic nitrogens is 2. The second-order valence-electron chi connectivity index (χ2n) is 4.00. The number of nitrogens with one attached hydrogen (secondary N) is 1. The molecule has 2 heterocycles. The first-order chi connectivity index (χ1) is 7.28. The molecule has 0 saturated carbocycles. The van der Waals surface area contributed by atoms with Crippen LogP contribution in [0.5, 0.6) is 0 Å². The van der Waals surface area contributed by atoms with E-state index in [1.165, 1.54) is 11.1 Å². The molecular weight excluding hydrogens is 188 g/mol. The highest BCUT2D eigenvalue weighted by Gasteiger charge is 2.10. The van der Waals surface area contributed by atoms with E-state index in [-0.39, 0.29) is 6.04 Å². The van der Waals surface area contributed by atoms with Gasteiger partial charge in [0.15, 0.2) is 0 Å². The topological polar surface area (TPSA) is 55.9 Å². The molecule has 2 rings (SSSR count). The van der Waals surface area contributed by atoms with Crippen molar-refractivity contribution in [3.63, 3.8) is 0 Å². The molecule has 4 heteroatoms. The Hall–Kier alpha value is -1.13. The number of nitrogens with two attached hydrogens (primary N) is 1. The van der Waals surface area contributed by atoms with Gasteiger partial charge in [-0.1, -0.05) is 11.6 Å². The Morgan fingerprint density at radius 1 is 1.67 bits per heavy atom. The Labute approximate surface area is 90.2 Å². The van der Waals surface area contributed by atoms with Gasteiger partial charge in [-0.15, -0.1) is 0 Å². The van der Waals surface area contributed by atoms with Gasteiger partial charge in [0, 0.05) is 31.9 Å². The minimum atomic E-state index is 0.162. The van der Waals surface area contributed by atoms with Gasteiger partial charge in [0.05, 0.1) is 6.20 Å². The number of rotatable bonds is 3. The minimum Gasteiger partial charge on any atom is -0.323 e. The van der Waals surface area contributed by atoms with Crippen molar-refractivity contribution >= 4 is 0 Å². The summed E-state index contributed by atoms with van der Waals surface area (Å²) in [6.07, 6.45) is 7.16. The molecule has 1 aromatic heterocycles. The van der Waals surface area contributed by atoms with Gasteiger partial charge in [-0.05, 0) is 18.9 Å². The summed E-state index contributed by atoms with van der Waals surface area (Å²) in [6.45, 7) is 4.85. The van der Waals surface area contributed by atoms with Gasteiger partial charge in [0.2, 0.25) is 0 Å². The van der Waals surface area contributed by atoms with E-state index in [2.05, 4.69) is 29.6 Å². The second kappa shape index (κ2) is 4.59. The molecule has 0 aromatic carbocycles. The monoisotopic (exact) mass is 206 g/mol. The minimum absolute atomic E-state index is 0.162. The molecule has 1 aromatic rings. The van der Waals surface area contributed by atoms with Gasteiger partial charge in [-0.3, -0.25) is 4.68 Å². The van der Waals surface area contributed by atoms with Crippen molar-refractivity contribution < 1.29 is 0 Å². The Kier molecular flexibility index (Phi) is 3.18. The number of nitrogens with zero attached hydrogens (tertiary/aromatic N) is 2. The van der Waals surface area contributed by atoms with Crippen LogP contribution < -0.4 is 11.1 Å². The smallest absolute Gasteiger partial charge is 0.0525 e. The first kappa shape index (κ1) is 10.4. The normalized spacial score (nSPS) is 21.5. The lowest BCUT2D eigenvalue weighted by molar-refractivity contribution is 0.626. The largest absolute Gasteiger partial charge is 0.323 e. The predicted molar refractivity (Wildman–Crippen MR) is 60.5 cm³/mol. The molecule has 15 heavy (non-hydrogen) atoms. The molecule has 0 spiro atoms. The van der Waals surface area contributed by atoms with Crippen molar-refractivity contribution in [1.82, 2.24) is 15.1 Å². The predicted octanol–water partition coefficient (Wildman–Crippen LogP) is 0.302. The number of hydrogen-bond acceptors (Lipinski definition) is 3. The molecule has 1 atom stereocenters. The van der Waals surface area contributed by atoms with E-state index in [1.54, 1.807) is 0 Å². The van der Waals surface area contributed by atoms with Crippen molar-refractivity contribution in [2.24, 2.45) is 5.73 Å². The third-order valence-electron chi connectivity index (χ3n) is 2.62. The molecule has 0 fully saturated rings. The molecule has 0 radical (unpaired) electrons. The molecule has 1 aliphatic rings. The summed E-state index contributed by atoms with van der Waals surface area (Å²) in [4.78, 5) is 0. The van der Waals surface area contributed by atoms with E-state index in [0.717, 1.165) is 26.1 Å². The van der Waals surface area contributed by atoms with Crippen molar-refractivity contribution in [3.05, 3.63) is 29.6 Å².